The molecule has 0 aliphatic rings. The zero-order valence-electron chi connectivity index (χ0n) is 14.7. The fourth-order valence-electron chi connectivity index (χ4n) is 2.31. The van der Waals surface area contributed by atoms with Crippen molar-refractivity contribution in [3.63, 3.8) is 0 Å². The Balaban J connectivity index is 1.77. The van der Waals surface area contributed by atoms with Crippen LogP contribution in [0, 0.1) is 0 Å². The lowest BCUT2D eigenvalue weighted by atomic mass is 10.1. The second-order valence-electron chi connectivity index (χ2n) is 5.63. The van der Waals surface area contributed by atoms with E-state index in [1.165, 1.54) is 0 Å². The average molecular weight is 354 g/mol. The van der Waals surface area contributed by atoms with Crippen LogP contribution in [0.5, 0.6) is 0 Å². The zero-order valence-corrected chi connectivity index (χ0v) is 14.7. The third kappa shape index (κ3) is 6.39. The van der Waals surface area contributed by atoms with Crippen LogP contribution in [0.25, 0.3) is 0 Å². The van der Waals surface area contributed by atoms with E-state index in [1.807, 2.05) is 37.3 Å². The standard InChI is InChI=1S/C20H22N2O4/c1-2-21-20(25)16-9-6-10-17(13-16)22-18(23)14-26-19(24)12-11-15-7-4-3-5-8-15/h3-10,13H,2,11-12,14H2,1H3,(H,21,25)(H,22,23). The highest BCUT2D eigenvalue weighted by Crippen LogP contribution is 2.11. The van der Waals surface area contributed by atoms with E-state index in [-0.39, 0.29) is 18.9 Å². The zero-order chi connectivity index (χ0) is 18.8. The van der Waals surface area contributed by atoms with Crippen LogP contribution in [0.1, 0.15) is 29.3 Å². The Morgan fingerprint density at radius 3 is 2.50 bits per heavy atom. The molecule has 6 heteroatoms. The van der Waals surface area contributed by atoms with Gasteiger partial charge in [-0.15, -0.1) is 0 Å². The smallest absolute Gasteiger partial charge is 0.306 e. The number of aryl methyl sites for hydroxylation is 1. The van der Waals surface area contributed by atoms with Crippen molar-refractivity contribution in [2.24, 2.45) is 0 Å². The van der Waals surface area contributed by atoms with Gasteiger partial charge in [-0.1, -0.05) is 36.4 Å². The van der Waals surface area contributed by atoms with Crippen molar-refractivity contribution in [3.8, 4) is 0 Å². The molecule has 0 unspecified atom stereocenters. The lowest BCUT2D eigenvalue weighted by Gasteiger charge is -2.08. The van der Waals surface area contributed by atoms with Crippen LogP contribution in [-0.4, -0.2) is 30.9 Å². The van der Waals surface area contributed by atoms with Crippen molar-refractivity contribution in [3.05, 3.63) is 65.7 Å². The second kappa shape index (κ2) is 9.98. The topological polar surface area (TPSA) is 84.5 Å². The number of hydrogen-bond donors (Lipinski definition) is 2. The molecule has 26 heavy (non-hydrogen) atoms. The largest absolute Gasteiger partial charge is 0.456 e. The predicted octanol–water partition coefficient (Wildman–Crippen LogP) is 2.55. The number of rotatable bonds is 8. The van der Waals surface area contributed by atoms with Crippen molar-refractivity contribution in [1.29, 1.82) is 0 Å². The summed E-state index contributed by atoms with van der Waals surface area (Å²) in [5, 5.41) is 5.30. The van der Waals surface area contributed by atoms with Gasteiger partial charge >= 0.3 is 5.97 Å². The highest BCUT2D eigenvalue weighted by molar-refractivity contribution is 5.97. The molecule has 0 aromatic heterocycles. The van der Waals surface area contributed by atoms with Crippen LogP contribution < -0.4 is 10.6 Å². The fourth-order valence-corrected chi connectivity index (χ4v) is 2.31. The minimum absolute atomic E-state index is 0.212. The molecule has 2 N–H and O–H groups in total. The predicted molar refractivity (Wildman–Crippen MR) is 98.8 cm³/mol. The summed E-state index contributed by atoms with van der Waals surface area (Å²) in [4.78, 5) is 35.4. The lowest BCUT2D eigenvalue weighted by molar-refractivity contribution is -0.147. The highest BCUT2D eigenvalue weighted by Gasteiger charge is 2.10. The summed E-state index contributed by atoms with van der Waals surface area (Å²) in [6, 6.07) is 16.1. The van der Waals surface area contributed by atoms with Crippen LogP contribution in [0.3, 0.4) is 0 Å². The molecule has 0 radical (unpaired) electrons. The summed E-state index contributed by atoms with van der Waals surface area (Å²) in [6.07, 6.45) is 0.778. The van der Waals surface area contributed by atoms with Crippen molar-refractivity contribution in [2.75, 3.05) is 18.5 Å². The third-order valence-corrected chi connectivity index (χ3v) is 3.57. The van der Waals surface area contributed by atoms with Gasteiger partial charge in [0.25, 0.3) is 11.8 Å². The summed E-state index contributed by atoms with van der Waals surface area (Å²) in [5.41, 5.74) is 1.96. The Morgan fingerprint density at radius 2 is 1.77 bits per heavy atom. The van der Waals surface area contributed by atoms with Gasteiger partial charge in [-0.2, -0.15) is 0 Å². The van der Waals surface area contributed by atoms with E-state index in [4.69, 9.17) is 4.74 Å². The second-order valence-corrected chi connectivity index (χ2v) is 5.63. The summed E-state index contributed by atoms with van der Waals surface area (Å²) in [7, 11) is 0. The van der Waals surface area contributed by atoms with E-state index < -0.39 is 11.9 Å². The molecule has 0 atom stereocenters. The number of esters is 1. The van der Waals surface area contributed by atoms with E-state index in [0.29, 0.717) is 24.2 Å². The first-order chi connectivity index (χ1) is 12.6. The minimum Gasteiger partial charge on any atom is -0.456 e. The molecule has 0 saturated carbocycles. The quantitative estimate of drug-likeness (QED) is 0.714. The van der Waals surface area contributed by atoms with Crippen LogP contribution in [0.15, 0.2) is 54.6 Å². The molecule has 2 aromatic rings. The molecule has 0 spiro atoms. The Kier molecular flexibility index (Phi) is 7.36. The van der Waals surface area contributed by atoms with Crippen LogP contribution in [0.2, 0.25) is 0 Å². The first-order valence-electron chi connectivity index (χ1n) is 8.46. The highest BCUT2D eigenvalue weighted by atomic mass is 16.5. The van der Waals surface area contributed by atoms with Crippen LogP contribution in [-0.2, 0) is 20.7 Å². The maximum Gasteiger partial charge on any atom is 0.306 e. The number of anilines is 1. The molecule has 0 fully saturated rings. The van der Waals surface area contributed by atoms with Crippen molar-refractivity contribution >= 4 is 23.5 Å². The van der Waals surface area contributed by atoms with E-state index in [1.54, 1.807) is 24.3 Å². The van der Waals surface area contributed by atoms with Crippen LogP contribution >= 0.6 is 0 Å². The molecule has 2 amide bonds. The van der Waals surface area contributed by atoms with Gasteiger partial charge in [0.1, 0.15) is 0 Å². The number of amides is 2. The number of ether oxygens (including phenoxy) is 1. The third-order valence-electron chi connectivity index (χ3n) is 3.57. The van der Waals surface area contributed by atoms with Crippen LogP contribution in [0.4, 0.5) is 5.69 Å². The van der Waals surface area contributed by atoms with Gasteiger partial charge < -0.3 is 15.4 Å². The normalized spacial score (nSPS) is 10.0. The molecule has 0 aliphatic heterocycles. The Morgan fingerprint density at radius 1 is 1.00 bits per heavy atom. The monoisotopic (exact) mass is 354 g/mol. The molecule has 2 rings (SSSR count). The molecule has 136 valence electrons. The number of nitrogens with one attached hydrogen (secondary N) is 2. The SMILES string of the molecule is CCNC(=O)c1cccc(NC(=O)COC(=O)CCc2ccccc2)c1. The van der Waals surface area contributed by atoms with Crippen molar-refractivity contribution < 1.29 is 19.1 Å². The van der Waals surface area contributed by atoms with E-state index >= 15 is 0 Å². The molecule has 0 aliphatic carbocycles. The van der Waals surface area contributed by atoms with Gasteiger partial charge in [0.15, 0.2) is 6.61 Å². The maximum atomic E-state index is 11.9. The Bertz CT molecular complexity index is 759. The number of benzene rings is 2. The number of hydrogen-bond acceptors (Lipinski definition) is 4. The van der Waals surface area contributed by atoms with Gasteiger partial charge in [0.05, 0.1) is 0 Å². The Hall–Kier alpha value is -3.15. The molecule has 6 nitrogen and oxygen atoms in total. The summed E-state index contributed by atoms with van der Waals surface area (Å²) >= 11 is 0. The van der Waals surface area contributed by atoms with E-state index in [9.17, 15) is 14.4 Å². The summed E-state index contributed by atoms with van der Waals surface area (Å²) in [6.45, 7) is 1.99. The maximum absolute atomic E-state index is 11.9. The number of carbonyl (C=O) groups is 3. The number of carbonyl (C=O) groups excluding carboxylic acids is 3. The summed E-state index contributed by atoms with van der Waals surface area (Å²) in [5.74, 6) is -1.10. The first-order valence-corrected chi connectivity index (χ1v) is 8.46. The molecular weight excluding hydrogens is 332 g/mol. The fraction of sp³-hybridized carbons (Fsp3) is 0.250. The lowest BCUT2D eigenvalue weighted by Crippen LogP contribution is -2.23. The molecular formula is C20H22N2O4. The van der Waals surface area contributed by atoms with Gasteiger partial charge in [0.2, 0.25) is 0 Å². The Labute approximate surface area is 152 Å². The molecule has 2 aromatic carbocycles. The molecule has 0 bridgehead atoms. The summed E-state index contributed by atoms with van der Waals surface area (Å²) < 4.78 is 4.98. The van der Waals surface area contributed by atoms with Crippen molar-refractivity contribution in [2.45, 2.75) is 19.8 Å². The minimum atomic E-state index is -0.453. The molecule has 0 saturated heterocycles. The van der Waals surface area contributed by atoms with Gasteiger partial charge in [-0.25, -0.2) is 0 Å². The van der Waals surface area contributed by atoms with Crippen molar-refractivity contribution in [1.82, 2.24) is 5.32 Å². The average Bonchev–Trinajstić information content (AvgIpc) is 2.66. The van der Waals surface area contributed by atoms with E-state index in [0.717, 1.165) is 5.56 Å². The van der Waals surface area contributed by atoms with Gasteiger partial charge in [0, 0.05) is 24.2 Å². The van der Waals surface area contributed by atoms with E-state index in [2.05, 4.69) is 10.6 Å². The van der Waals surface area contributed by atoms with Gasteiger partial charge in [-0.3, -0.25) is 14.4 Å². The molecule has 0 heterocycles. The first kappa shape index (κ1) is 19.2. The van der Waals surface area contributed by atoms with Gasteiger partial charge in [-0.05, 0) is 37.1 Å².